The molecule has 1 heterocycles. The fraction of sp³-hybridized carbons (Fsp3) is 0.368. The van der Waals surface area contributed by atoms with Crippen LogP contribution in [0.1, 0.15) is 37.3 Å². The van der Waals surface area contributed by atoms with E-state index in [1.165, 1.54) is 4.80 Å². The van der Waals surface area contributed by atoms with Crippen molar-refractivity contribution in [3.8, 4) is 11.4 Å². The van der Waals surface area contributed by atoms with Crippen LogP contribution in [0.25, 0.3) is 16.7 Å². The van der Waals surface area contributed by atoms with Crippen LogP contribution in [0.5, 0.6) is 5.75 Å². The Hall–Kier alpha value is -2.40. The van der Waals surface area contributed by atoms with E-state index in [0.29, 0.717) is 12.1 Å². The summed E-state index contributed by atoms with van der Waals surface area (Å²) in [6.45, 7) is 2.29. The highest BCUT2D eigenvalue weighted by Gasteiger charge is 2.14. The maximum absolute atomic E-state index is 10.7. The Labute approximate surface area is 141 Å². The van der Waals surface area contributed by atoms with Crippen molar-refractivity contribution in [1.82, 2.24) is 15.0 Å². The first-order chi connectivity index (χ1) is 11.7. The summed E-state index contributed by atoms with van der Waals surface area (Å²) in [4.78, 5) is 1.51. The Balaban J connectivity index is 2.06. The van der Waals surface area contributed by atoms with Gasteiger partial charge < -0.3 is 10.2 Å². The quantitative estimate of drug-likeness (QED) is 0.698. The molecule has 24 heavy (non-hydrogen) atoms. The van der Waals surface area contributed by atoms with Gasteiger partial charge in [0, 0.05) is 6.61 Å². The lowest BCUT2D eigenvalue weighted by atomic mass is 10.0. The van der Waals surface area contributed by atoms with Crippen LogP contribution in [0.3, 0.4) is 0 Å². The molecule has 126 valence electrons. The standard InChI is InChI=1S/C19H23N3O2/c1-2-3-8-15-12-14(7-6-11-23)13-18(19(15)24)22-20-16-9-4-5-10-17(16)21-22/h4-5,9-10,12-13,23-24H,2-3,6-8,11H2,1H3. The van der Waals surface area contributed by atoms with Gasteiger partial charge in [-0.1, -0.05) is 31.5 Å². The molecule has 1 aromatic heterocycles. The molecule has 0 fully saturated rings. The second-order valence-electron chi connectivity index (χ2n) is 6.03. The number of nitrogens with zero attached hydrogens (tertiary/aromatic N) is 3. The van der Waals surface area contributed by atoms with Crippen molar-refractivity contribution in [2.24, 2.45) is 0 Å². The van der Waals surface area contributed by atoms with Gasteiger partial charge in [-0.25, -0.2) is 0 Å². The average molecular weight is 325 g/mol. The molecule has 0 aliphatic heterocycles. The van der Waals surface area contributed by atoms with E-state index < -0.39 is 0 Å². The van der Waals surface area contributed by atoms with Gasteiger partial charge in [0.15, 0.2) is 0 Å². The molecule has 2 aromatic carbocycles. The van der Waals surface area contributed by atoms with E-state index in [0.717, 1.165) is 47.8 Å². The van der Waals surface area contributed by atoms with Gasteiger partial charge in [0.05, 0.1) is 0 Å². The fourth-order valence-electron chi connectivity index (χ4n) is 2.85. The number of aryl methyl sites for hydroxylation is 2. The first-order valence-electron chi connectivity index (χ1n) is 8.51. The topological polar surface area (TPSA) is 71.2 Å². The largest absolute Gasteiger partial charge is 0.505 e. The molecule has 0 unspecified atom stereocenters. The molecule has 3 aromatic rings. The van der Waals surface area contributed by atoms with Crippen LogP contribution < -0.4 is 0 Å². The van der Waals surface area contributed by atoms with Crippen molar-refractivity contribution in [1.29, 1.82) is 0 Å². The van der Waals surface area contributed by atoms with E-state index in [4.69, 9.17) is 5.11 Å². The first-order valence-corrected chi connectivity index (χ1v) is 8.51. The van der Waals surface area contributed by atoms with Gasteiger partial charge in [-0.2, -0.15) is 0 Å². The number of rotatable bonds is 7. The minimum Gasteiger partial charge on any atom is -0.505 e. The molecule has 0 saturated heterocycles. The molecule has 0 aliphatic carbocycles. The van der Waals surface area contributed by atoms with Crippen molar-refractivity contribution in [2.75, 3.05) is 6.61 Å². The van der Waals surface area contributed by atoms with Crippen molar-refractivity contribution in [3.05, 3.63) is 47.5 Å². The smallest absolute Gasteiger partial charge is 0.146 e. The molecule has 2 N–H and O–H groups in total. The van der Waals surface area contributed by atoms with E-state index in [1.54, 1.807) is 0 Å². The zero-order valence-electron chi connectivity index (χ0n) is 13.9. The van der Waals surface area contributed by atoms with E-state index in [9.17, 15) is 5.11 Å². The summed E-state index contributed by atoms with van der Waals surface area (Å²) in [5, 5.41) is 28.8. The van der Waals surface area contributed by atoms with Crippen LogP contribution in [0.4, 0.5) is 0 Å². The number of aliphatic hydroxyl groups is 1. The highest BCUT2D eigenvalue weighted by molar-refractivity contribution is 5.73. The van der Waals surface area contributed by atoms with E-state index >= 15 is 0 Å². The highest BCUT2D eigenvalue weighted by atomic mass is 16.3. The molecule has 0 saturated carbocycles. The summed E-state index contributed by atoms with van der Waals surface area (Å²) in [5.74, 6) is 0.247. The van der Waals surface area contributed by atoms with Crippen molar-refractivity contribution in [2.45, 2.75) is 39.0 Å². The second-order valence-corrected chi connectivity index (χ2v) is 6.03. The minimum atomic E-state index is 0.157. The third-order valence-corrected chi connectivity index (χ3v) is 4.15. The van der Waals surface area contributed by atoms with Crippen LogP contribution in [-0.2, 0) is 12.8 Å². The number of aliphatic hydroxyl groups excluding tert-OH is 1. The lowest BCUT2D eigenvalue weighted by molar-refractivity contribution is 0.288. The van der Waals surface area contributed by atoms with Gasteiger partial charge in [0.2, 0.25) is 0 Å². The Morgan fingerprint density at radius 3 is 2.33 bits per heavy atom. The molecular weight excluding hydrogens is 302 g/mol. The number of hydrogen-bond acceptors (Lipinski definition) is 4. The molecule has 0 aliphatic rings. The number of phenols is 1. The van der Waals surface area contributed by atoms with Crippen LogP contribution in [-0.4, -0.2) is 31.8 Å². The first kappa shape index (κ1) is 16.5. The van der Waals surface area contributed by atoms with Gasteiger partial charge in [0.1, 0.15) is 22.5 Å². The van der Waals surface area contributed by atoms with Crippen LogP contribution in [0, 0.1) is 0 Å². The summed E-state index contributed by atoms with van der Waals surface area (Å²) < 4.78 is 0. The predicted molar refractivity (Wildman–Crippen MR) is 94.5 cm³/mol. The van der Waals surface area contributed by atoms with E-state index in [1.807, 2.05) is 36.4 Å². The summed E-state index contributed by atoms with van der Waals surface area (Å²) in [5.41, 5.74) is 4.21. The highest BCUT2D eigenvalue weighted by Crippen LogP contribution is 2.30. The minimum absolute atomic E-state index is 0.157. The summed E-state index contributed by atoms with van der Waals surface area (Å²) in [6, 6.07) is 11.6. The number of unbranched alkanes of at least 4 members (excludes halogenated alkanes) is 1. The van der Waals surface area contributed by atoms with Gasteiger partial charge >= 0.3 is 0 Å². The van der Waals surface area contributed by atoms with Crippen LogP contribution in [0.15, 0.2) is 36.4 Å². The van der Waals surface area contributed by atoms with E-state index in [2.05, 4.69) is 17.1 Å². The van der Waals surface area contributed by atoms with Crippen molar-refractivity contribution < 1.29 is 10.2 Å². The van der Waals surface area contributed by atoms with Crippen LogP contribution in [0.2, 0.25) is 0 Å². The number of fused-ring (bicyclic) bond motifs is 1. The van der Waals surface area contributed by atoms with Gasteiger partial charge in [-0.05, 0) is 55.0 Å². The third-order valence-electron chi connectivity index (χ3n) is 4.15. The van der Waals surface area contributed by atoms with Crippen LogP contribution >= 0.6 is 0 Å². The Morgan fingerprint density at radius 2 is 1.71 bits per heavy atom. The molecule has 0 bridgehead atoms. The Morgan fingerprint density at radius 1 is 1.00 bits per heavy atom. The number of aromatic nitrogens is 3. The molecule has 5 heteroatoms. The maximum Gasteiger partial charge on any atom is 0.146 e. The summed E-state index contributed by atoms with van der Waals surface area (Å²) in [6.07, 6.45) is 4.38. The van der Waals surface area contributed by atoms with Crippen molar-refractivity contribution >= 4 is 11.0 Å². The third kappa shape index (κ3) is 3.41. The van der Waals surface area contributed by atoms with Gasteiger partial charge in [0.25, 0.3) is 0 Å². The lowest BCUT2D eigenvalue weighted by Crippen LogP contribution is -2.03. The molecule has 0 amide bonds. The summed E-state index contributed by atoms with van der Waals surface area (Å²) >= 11 is 0. The maximum atomic E-state index is 10.7. The van der Waals surface area contributed by atoms with Crippen molar-refractivity contribution in [3.63, 3.8) is 0 Å². The van der Waals surface area contributed by atoms with Gasteiger partial charge in [-0.15, -0.1) is 15.0 Å². The Bertz CT molecular complexity index is 794. The van der Waals surface area contributed by atoms with E-state index in [-0.39, 0.29) is 12.4 Å². The zero-order valence-corrected chi connectivity index (χ0v) is 13.9. The molecule has 0 spiro atoms. The Kier molecular flexibility index (Phi) is 5.11. The molecular formula is C19H23N3O2. The number of benzene rings is 2. The molecule has 0 radical (unpaired) electrons. The summed E-state index contributed by atoms with van der Waals surface area (Å²) in [7, 11) is 0. The van der Waals surface area contributed by atoms with Gasteiger partial charge in [-0.3, -0.25) is 0 Å². The average Bonchev–Trinajstić information content (AvgIpc) is 3.03. The normalized spacial score (nSPS) is 11.2. The predicted octanol–water partition coefficient (Wildman–Crippen LogP) is 3.39. The fourth-order valence-corrected chi connectivity index (χ4v) is 2.85. The lowest BCUT2D eigenvalue weighted by Gasteiger charge is -2.12. The number of aromatic hydroxyl groups is 1. The number of hydrogen-bond donors (Lipinski definition) is 2. The molecule has 3 rings (SSSR count). The molecule has 5 nitrogen and oxygen atoms in total. The number of phenolic OH excluding ortho intramolecular Hbond substituents is 1. The zero-order chi connectivity index (χ0) is 16.9. The monoisotopic (exact) mass is 325 g/mol. The second kappa shape index (κ2) is 7.45. The molecule has 0 atom stereocenters. The SMILES string of the molecule is CCCCc1cc(CCCO)cc(-n2nc3ccccc3n2)c1O.